The Balaban J connectivity index is 1.35. The topological polar surface area (TPSA) is 52.6 Å². The molecule has 3 aliphatic heterocycles. The number of hydrogen-bond acceptors (Lipinski definition) is 6. The number of anilines is 3. The molecule has 0 saturated carbocycles. The van der Waals surface area contributed by atoms with Gasteiger partial charge in [-0.3, -0.25) is 4.79 Å². The van der Waals surface area contributed by atoms with Gasteiger partial charge in [-0.25, -0.2) is 4.39 Å². The van der Waals surface area contributed by atoms with Crippen molar-refractivity contribution in [3.05, 3.63) is 29.0 Å². The Morgan fingerprint density at radius 3 is 2.53 bits per heavy atom. The molecule has 5 rings (SSSR count). The van der Waals surface area contributed by atoms with E-state index >= 15 is 0 Å². The molecule has 4 heterocycles. The maximum Gasteiger partial charge on any atom is 0.239 e. The zero-order chi connectivity index (χ0) is 20.7. The second kappa shape index (κ2) is 7.96. The van der Waals surface area contributed by atoms with Crippen molar-refractivity contribution in [3.8, 4) is 0 Å². The first-order valence-electron chi connectivity index (χ1n) is 10.7. The molecule has 3 fully saturated rings. The van der Waals surface area contributed by atoms with Gasteiger partial charge in [-0.15, -0.1) is 0 Å². The van der Waals surface area contributed by atoms with E-state index in [-0.39, 0.29) is 16.5 Å². The van der Waals surface area contributed by atoms with E-state index in [4.69, 9.17) is 16.6 Å². The van der Waals surface area contributed by atoms with E-state index in [0.29, 0.717) is 12.1 Å². The van der Waals surface area contributed by atoms with Crippen molar-refractivity contribution in [2.24, 2.45) is 0 Å². The summed E-state index contributed by atoms with van der Waals surface area (Å²) in [5.74, 6) is 0.378. The third-order valence-electron chi connectivity index (χ3n) is 6.68. The Hall–Kier alpha value is -1.93. The SMILES string of the molecule is O=C1CCCC2(CCN(c3nsc(N4CCCC4)n3)CC2)N1c1ccc(Cl)c(F)c1. The van der Waals surface area contributed by atoms with Crippen molar-refractivity contribution in [1.29, 1.82) is 0 Å². The number of carbonyl (C=O) groups excluding carboxylic acids is 1. The molecular formula is C21H25ClFN5OS. The second-order valence-electron chi connectivity index (χ2n) is 8.46. The molecule has 3 aliphatic rings. The molecular weight excluding hydrogens is 425 g/mol. The molecule has 3 saturated heterocycles. The molecule has 160 valence electrons. The van der Waals surface area contributed by atoms with Crippen LogP contribution in [0.5, 0.6) is 0 Å². The molecule has 0 unspecified atom stereocenters. The van der Waals surface area contributed by atoms with Crippen LogP contribution in [-0.2, 0) is 4.79 Å². The first-order valence-corrected chi connectivity index (χ1v) is 11.8. The van der Waals surface area contributed by atoms with Crippen LogP contribution in [0.2, 0.25) is 5.02 Å². The number of hydrogen-bond donors (Lipinski definition) is 0. The first kappa shape index (κ1) is 20.0. The lowest BCUT2D eigenvalue weighted by atomic mass is 9.78. The van der Waals surface area contributed by atoms with Gasteiger partial charge in [0.05, 0.1) is 10.6 Å². The van der Waals surface area contributed by atoms with E-state index in [0.717, 1.165) is 62.9 Å². The minimum absolute atomic E-state index is 0.0690. The van der Waals surface area contributed by atoms with Crippen LogP contribution in [0, 0.1) is 5.82 Å². The van der Waals surface area contributed by atoms with Gasteiger partial charge in [-0.05, 0) is 56.7 Å². The predicted molar refractivity (Wildman–Crippen MR) is 118 cm³/mol. The number of halogens is 2. The van der Waals surface area contributed by atoms with Crippen molar-refractivity contribution in [2.45, 2.75) is 50.5 Å². The third-order valence-corrected chi connectivity index (χ3v) is 7.75. The number of amides is 1. The normalized spacial score (nSPS) is 21.7. The molecule has 6 nitrogen and oxygen atoms in total. The summed E-state index contributed by atoms with van der Waals surface area (Å²) in [5.41, 5.74) is 0.332. The lowest BCUT2D eigenvalue weighted by molar-refractivity contribution is -0.121. The molecule has 2 aromatic rings. The second-order valence-corrected chi connectivity index (χ2v) is 9.60. The average molecular weight is 450 g/mol. The monoisotopic (exact) mass is 449 g/mol. The van der Waals surface area contributed by atoms with E-state index in [1.165, 1.54) is 36.5 Å². The van der Waals surface area contributed by atoms with Crippen LogP contribution >= 0.6 is 23.1 Å². The van der Waals surface area contributed by atoms with Crippen LogP contribution in [-0.4, -0.2) is 47.0 Å². The maximum atomic E-state index is 14.1. The molecule has 1 aromatic carbocycles. The van der Waals surface area contributed by atoms with Gasteiger partial charge in [0, 0.05) is 49.8 Å². The fourth-order valence-electron chi connectivity index (χ4n) is 5.07. The Morgan fingerprint density at radius 1 is 1.03 bits per heavy atom. The van der Waals surface area contributed by atoms with Gasteiger partial charge in [0.1, 0.15) is 5.82 Å². The zero-order valence-corrected chi connectivity index (χ0v) is 18.4. The van der Waals surface area contributed by atoms with Crippen LogP contribution in [0.4, 0.5) is 21.2 Å². The molecule has 9 heteroatoms. The number of benzene rings is 1. The predicted octanol–water partition coefficient (Wildman–Crippen LogP) is 4.49. The smallest absolute Gasteiger partial charge is 0.239 e. The highest BCUT2D eigenvalue weighted by atomic mass is 35.5. The van der Waals surface area contributed by atoms with Crippen LogP contribution in [0.1, 0.15) is 44.9 Å². The van der Waals surface area contributed by atoms with E-state index in [1.54, 1.807) is 6.07 Å². The Bertz CT molecular complexity index is 939. The van der Waals surface area contributed by atoms with Crippen molar-refractivity contribution in [2.75, 3.05) is 40.9 Å². The van der Waals surface area contributed by atoms with E-state index < -0.39 is 5.82 Å². The summed E-state index contributed by atoms with van der Waals surface area (Å²) in [7, 11) is 0. The molecule has 1 spiro atoms. The third kappa shape index (κ3) is 3.54. The minimum Gasteiger partial charge on any atom is -0.347 e. The Morgan fingerprint density at radius 2 is 1.80 bits per heavy atom. The summed E-state index contributed by atoms with van der Waals surface area (Å²) in [6.07, 6.45) is 6.39. The van der Waals surface area contributed by atoms with Gasteiger partial charge in [-0.1, -0.05) is 11.6 Å². The standard InChI is InChI=1S/C21H25ClFN5OS/c22-16-6-5-15(14-17(16)23)28-18(29)4-3-7-21(28)8-12-26(13-9-21)19-24-20(30-25-19)27-10-1-2-11-27/h5-6,14H,1-4,7-13H2. The summed E-state index contributed by atoms with van der Waals surface area (Å²) >= 11 is 7.34. The molecule has 0 radical (unpaired) electrons. The fraction of sp³-hybridized carbons (Fsp3) is 0.571. The van der Waals surface area contributed by atoms with Gasteiger partial charge < -0.3 is 14.7 Å². The fourth-order valence-corrected chi connectivity index (χ4v) is 5.93. The molecule has 0 aliphatic carbocycles. The van der Waals surface area contributed by atoms with E-state index in [1.807, 2.05) is 4.90 Å². The van der Waals surface area contributed by atoms with E-state index in [2.05, 4.69) is 14.2 Å². The van der Waals surface area contributed by atoms with Crippen LogP contribution < -0.4 is 14.7 Å². The molecule has 1 aromatic heterocycles. The molecule has 30 heavy (non-hydrogen) atoms. The van der Waals surface area contributed by atoms with Crippen molar-refractivity contribution in [1.82, 2.24) is 9.36 Å². The van der Waals surface area contributed by atoms with Gasteiger partial charge >= 0.3 is 0 Å². The van der Waals surface area contributed by atoms with Crippen molar-refractivity contribution in [3.63, 3.8) is 0 Å². The summed E-state index contributed by atoms with van der Waals surface area (Å²) < 4.78 is 18.7. The van der Waals surface area contributed by atoms with Gasteiger partial charge in [0.2, 0.25) is 17.0 Å². The van der Waals surface area contributed by atoms with Gasteiger partial charge in [0.15, 0.2) is 0 Å². The molecule has 0 bridgehead atoms. The Kier molecular flexibility index (Phi) is 5.31. The van der Waals surface area contributed by atoms with Gasteiger partial charge in [0.25, 0.3) is 0 Å². The van der Waals surface area contributed by atoms with Gasteiger partial charge in [-0.2, -0.15) is 9.36 Å². The lowest BCUT2D eigenvalue weighted by Gasteiger charge is -2.51. The van der Waals surface area contributed by atoms with Crippen molar-refractivity contribution < 1.29 is 9.18 Å². The van der Waals surface area contributed by atoms with Crippen LogP contribution in [0.3, 0.4) is 0 Å². The first-order chi connectivity index (χ1) is 14.6. The Labute approximate surface area is 184 Å². The summed E-state index contributed by atoms with van der Waals surface area (Å²) in [4.78, 5) is 24.0. The highest BCUT2D eigenvalue weighted by Gasteiger charge is 2.45. The summed E-state index contributed by atoms with van der Waals surface area (Å²) in [6, 6.07) is 4.69. The quantitative estimate of drug-likeness (QED) is 0.691. The number of rotatable bonds is 3. The highest BCUT2D eigenvalue weighted by Crippen LogP contribution is 2.42. The number of nitrogens with zero attached hydrogens (tertiary/aromatic N) is 5. The molecule has 0 atom stereocenters. The van der Waals surface area contributed by atoms with Crippen LogP contribution in [0.15, 0.2) is 18.2 Å². The van der Waals surface area contributed by atoms with Crippen LogP contribution in [0.25, 0.3) is 0 Å². The average Bonchev–Trinajstić information content (AvgIpc) is 3.43. The number of aromatic nitrogens is 2. The lowest BCUT2D eigenvalue weighted by Crippen LogP contribution is -2.60. The minimum atomic E-state index is -0.485. The number of carbonyl (C=O) groups is 1. The highest BCUT2D eigenvalue weighted by molar-refractivity contribution is 7.09. The number of piperidine rings is 2. The van der Waals surface area contributed by atoms with Crippen molar-refractivity contribution >= 4 is 45.8 Å². The maximum absolute atomic E-state index is 14.1. The summed E-state index contributed by atoms with van der Waals surface area (Å²) in [6.45, 7) is 3.70. The largest absolute Gasteiger partial charge is 0.347 e. The zero-order valence-electron chi connectivity index (χ0n) is 16.8. The molecule has 1 amide bonds. The summed E-state index contributed by atoms with van der Waals surface area (Å²) in [5, 5.41) is 1.09. The van der Waals surface area contributed by atoms with E-state index in [9.17, 15) is 9.18 Å². The molecule has 0 N–H and O–H groups in total.